The predicted molar refractivity (Wildman–Crippen MR) is 151 cm³/mol. The quantitative estimate of drug-likeness (QED) is 0.290. The van der Waals surface area contributed by atoms with Crippen molar-refractivity contribution in [3.8, 4) is 17.6 Å². The standard InChI is InChI=1S/C30H40Cl2N2O3/c1-20(2)30(18-33,21-9-10-24(31)25(32)15-21)12-8-13-34(5)14-11-26-22-16-27(35-6)28(36-7)17-23(22)29(3,4)19-37-26/h9-10,15-17,20,26H,8,11-14,19H2,1-7H3. The molecule has 1 heterocycles. The molecule has 37 heavy (non-hydrogen) atoms. The smallest absolute Gasteiger partial charge is 0.161 e. The van der Waals surface area contributed by atoms with Gasteiger partial charge in [-0.15, -0.1) is 0 Å². The van der Waals surface area contributed by atoms with Crippen LogP contribution in [0.3, 0.4) is 0 Å². The van der Waals surface area contributed by atoms with E-state index in [1.54, 1.807) is 20.3 Å². The Hall–Kier alpha value is -1.97. The van der Waals surface area contributed by atoms with E-state index in [1.807, 2.05) is 12.1 Å². The molecule has 2 unspecified atom stereocenters. The van der Waals surface area contributed by atoms with Crippen molar-refractivity contribution < 1.29 is 14.2 Å². The van der Waals surface area contributed by atoms with Crippen LogP contribution in [0.4, 0.5) is 0 Å². The zero-order valence-electron chi connectivity index (χ0n) is 23.2. The maximum atomic E-state index is 10.2. The monoisotopic (exact) mass is 546 g/mol. The Labute approximate surface area is 232 Å². The van der Waals surface area contributed by atoms with Crippen molar-refractivity contribution in [2.75, 3.05) is 41.0 Å². The van der Waals surface area contributed by atoms with Crippen molar-refractivity contribution in [3.05, 3.63) is 57.1 Å². The first-order valence-corrected chi connectivity index (χ1v) is 13.7. The molecule has 2 aromatic rings. The molecule has 1 aliphatic heterocycles. The molecule has 202 valence electrons. The van der Waals surface area contributed by atoms with E-state index in [0.717, 1.165) is 49.4 Å². The summed E-state index contributed by atoms with van der Waals surface area (Å²) in [7, 11) is 5.47. The molecule has 1 aliphatic rings. The normalized spacial score (nSPS) is 18.3. The van der Waals surface area contributed by atoms with Crippen LogP contribution < -0.4 is 9.47 Å². The van der Waals surface area contributed by atoms with Gasteiger partial charge in [-0.1, -0.05) is 57.0 Å². The number of nitrogens with zero attached hydrogens (tertiary/aromatic N) is 2. The predicted octanol–water partition coefficient (Wildman–Crippen LogP) is 7.58. The molecule has 0 aliphatic carbocycles. The van der Waals surface area contributed by atoms with E-state index in [4.69, 9.17) is 37.4 Å². The van der Waals surface area contributed by atoms with Crippen molar-refractivity contribution in [1.82, 2.24) is 4.90 Å². The van der Waals surface area contributed by atoms with E-state index in [2.05, 4.69) is 57.8 Å². The lowest BCUT2D eigenvalue weighted by molar-refractivity contribution is -0.00231. The van der Waals surface area contributed by atoms with Crippen LogP contribution in [0.25, 0.3) is 0 Å². The van der Waals surface area contributed by atoms with Gasteiger partial charge in [0.25, 0.3) is 0 Å². The van der Waals surface area contributed by atoms with Crippen LogP contribution in [0.2, 0.25) is 10.0 Å². The molecular formula is C30H40Cl2N2O3. The number of nitriles is 1. The number of halogens is 2. The van der Waals surface area contributed by atoms with Gasteiger partial charge < -0.3 is 19.1 Å². The summed E-state index contributed by atoms with van der Waals surface area (Å²) >= 11 is 12.4. The molecule has 0 spiro atoms. The molecular weight excluding hydrogens is 507 g/mol. The third kappa shape index (κ3) is 6.37. The van der Waals surface area contributed by atoms with Crippen LogP contribution in [0, 0.1) is 17.2 Å². The lowest BCUT2D eigenvalue weighted by Gasteiger charge is -2.38. The number of hydrogen-bond acceptors (Lipinski definition) is 5. The van der Waals surface area contributed by atoms with Crippen LogP contribution in [0.15, 0.2) is 30.3 Å². The van der Waals surface area contributed by atoms with E-state index in [1.165, 1.54) is 11.1 Å². The Balaban J connectivity index is 1.66. The Morgan fingerprint density at radius 1 is 1.11 bits per heavy atom. The summed E-state index contributed by atoms with van der Waals surface area (Å²) in [4.78, 5) is 2.32. The van der Waals surface area contributed by atoms with Gasteiger partial charge in [0.05, 0.1) is 48.5 Å². The van der Waals surface area contributed by atoms with Gasteiger partial charge in [-0.2, -0.15) is 5.26 Å². The maximum Gasteiger partial charge on any atom is 0.161 e. The van der Waals surface area contributed by atoms with Crippen LogP contribution >= 0.6 is 23.2 Å². The minimum atomic E-state index is -0.609. The molecule has 2 atom stereocenters. The molecule has 0 aromatic heterocycles. The highest BCUT2D eigenvalue weighted by Gasteiger charge is 2.37. The highest BCUT2D eigenvalue weighted by molar-refractivity contribution is 6.42. The van der Waals surface area contributed by atoms with Crippen LogP contribution in [-0.2, 0) is 15.6 Å². The summed E-state index contributed by atoms with van der Waals surface area (Å²) < 4.78 is 17.5. The van der Waals surface area contributed by atoms with Gasteiger partial charge in [-0.05, 0) is 79.7 Å². The fraction of sp³-hybridized carbons (Fsp3) is 0.567. The van der Waals surface area contributed by atoms with E-state index in [0.29, 0.717) is 16.7 Å². The van der Waals surface area contributed by atoms with Crippen LogP contribution in [-0.4, -0.2) is 45.9 Å². The molecule has 2 aromatic carbocycles. The highest BCUT2D eigenvalue weighted by Crippen LogP contribution is 2.44. The van der Waals surface area contributed by atoms with E-state index >= 15 is 0 Å². The maximum absolute atomic E-state index is 10.2. The average molecular weight is 548 g/mol. The third-order valence-corrected chi connectivity index (χ3v) is 8.52. The van der Waals surface area contributed by atoms with Gasteiger partial charge in [0.1, 0.15) is 0 Å². The zero-order valence-corrected chi connectivity index (χ0v) is 24.7. The first-order chi connectivity index (χ1) is 17.5. The second-order valence-electron chi connectivity index (χ2n) is 11.0. The molecule has 0 bridgehead atoms. The number of fused-ring (bicyclic) bond motifs is 1. The number of rotatable bonds is 11. The molecule has 0 saturated carbocycles. The van der Waals surface area contributed by atoms with Gasteiger partial charge in [0.15, 0.2) is 11.5 Å². The van der Waals surface area contributed by atoms with Crippen molar-refractivity contribution >= 4 is 23.2 Å². The molecule has 0 N–H and O–H groups in total. The number of benzene rings is 2. The molecule has 0 fully saturated rings. The number of methoxy groups -OCH3 is 2. The van der Waals surface area contributed by atoms with Gasteiger partial charge in [-0.25, -0.2) is 0 Å². The van der Waals surface area contributed by atoms with E-state index < -0.39 is 5.41 Å². The molecule has 0 radical (unpaired) electrons. The fourth-order valence-electron chi connectivity index (χ4n) is 5.33. The summed E-state index contributed by atoms with van der Waals surface area (Å²) in [6.45, 7) is 11.0. The lowest BCUT2D eigenvalue weighted by Crippen LogP contribution is -2.34. The number of hydrogen-bond donors (Lipinski definition) is 0. The molecule has 7 heteroatoms. The molecule has 0 saturated heterocycles. The Morgan fingerprint density at radius 3 is 2.38 bits per heavy atom. The molecule has 5 nitrogen and oxygen atoms in total. The molecule has 3 rings (SSSR count). The first-order valence-electron chi connectivity index (χ1n) is 12.9. The first kappa shape index (κ1) is 29.6. The largest absolute Gasteiger partial charge is 0.493 e. The summed E-state index contributed by atoms with van der Waals surface area (Å²) in [5.41, 5.74) is 2.65. The fourth-order valence-corrected chi connectivity index (χ4v) is 5.63. The third-order valence-electron chi connectivity index (χ3n) is 7.78. The van der Waals surface area contributed by atoms with Crippen molar-refractivity contribution in [2.24, 2.45) is 5.92 Å². The second kappa shape index (κ2) is 12.3. The average Bonchev–Trinajstić information content (AvgIpc) is 2.87. The summed E-state index contributed by atoms with van der Waals surface area (Å²) in [6.07, 6.45) is 2.51. The summed E-state index contributed by atoms with van der Waals surface area (Å²) in [6, 6.07) is 12.3. The van der Waals surface area contributed by atoms with Gasteiger partial charge in [0.2, 0.25) is 0 Å². The van der Waals surface area contributed by atoms with Crippen molar-refractivity contribution in [1.29, 1.82) is 5.26 Å². The Kier molecular flexibility index (Phi) is 9.80. The Bertz CT molecular complexity index is 1130. The SMILES string of the molecule is COc1cc2c(cc1OC)C(C)(C)COC2CCN(C)CCCC(C#N)(c1ccc(Cl)c(Cl)c1)C(C)C. The van der Waals surface area contributed by atoms with E-state index in [9.17, 15) is 5.26 Å². The molecule has 0 amide bonds. The van der Waals surface area contributed by atoms with Gasteiger partial charge in [0, 0.05) is 12.0 Å². The van der Waals surface area contributed by atoms with Gasteiger partial charge in [-0.3, -0.25) is 0 Å². The van der Waals surface area contributed by atoms with Crippen LogP contribution in [0.5, 0.6) is 11.5 Å². The van der Waals surface area contributed by atoms with Crippen molar-refractivity contribution in [3.63, 3.8) is 0 Å². The van der Waals surface area contributed by atoms with E-state index in [-0.39, 0.29) is 17.4 Å². The Morgan fingerprint density at radius 2 is 1.78 bits per heavy atom. The van der Waals surface area contributed by atoms with Crippen LogP contribution in [0.1, 0.15) is 69.8 Å². The summed E-state index contributed by atoms with van der Waals surface area (Å²) in [5, 5.41) is 11.2. The topological polar surface area (TPSA) is 54.7 Å². The minimum Gasteiger partial charge on any atom is -0.493 e. The van der Waals surface area contributed by atoms with Gasteiger partial charge >= 0.3 is 0 Å². The van der Waals surface area contributed by atoms with Crippen molar-refractivity contribution in [2.45, 2.75) is 63.9 Å². The second-order valence-corrected chi connectivity index (χ2v) is 11.9. The summed E-state index contributed by atoms with van der Waals surface area (Å²) in [5.74, 6) is 1.62. The highest BCUT2D eigenvalue weighted by atomic mass is 35.5. The zero-order chi connectivity index (χ0) is 27.4. The minimum absolute atomic E-state index is 0.00430. The lowest BCUT2D eigenvalue weighted by atomic mass is 9.70. The number of ether oxygens (including phenoxy) is 3.